The highest BCUT2D eigenvalue weighted by Gasteiger charge is 2.13. The van der Waals surface area contributed by atoms with Gasteiger partial charge in [0.05, 0.1) is 0 Å². The number of halogens is 1. The Kier molecular flexibility index (Phi) is 5.23. The lowest BCUT2D eigenvalue weighted by Crippen LogP contribution is -2.30. The van der Waals surface area contributed by atoms with E-state index in [4.69, 9.17) is 10.0 Å². The van der Waals surface area contributed by atoms with E-state index in [-0.39, 0.29) is 5.46 Å². The van der Waals surface area contributed by atoms with Crippen LogP contribution in [-0.4, -0.2) is 17.2 Å². The minimum Gasteiger partial charge on any atom is -0.423 e. The average Bonchev–Trinajstić information content (AvgIpc) is 2.42. The summed E-state index contributed by atoms with van der Waals surface area (Å²) >= 11 is 1.64. The van der Waals surface area contributed by atoms with Gasteiger partial charge in [-0.05, 0) is 35.1 Å². The fraction of sp³-hybridized carbons (Fsp3) is 0.200. The van der Waals surface area contributed by atoms with E-state index in [1.54, 1.807) is 17.8 Å². The summed E-state index contributed by atoms with van der Waals surface area (Å²) in [5.74, 6) is 0.992. The summed E-state index contributed by atoms with van der Waals surface area (Å²) in [6.45, 7) is 2.06. The monoisotopic (exact) mass is 290 g/mol. The molecule has 0 aromatic heterocycles. The standard InChI is InChI=1S/C15H16BFO2S/c1-11-4-2-3-5-12(11)9-20-10-13-6-7-14(16(18)19)8-15(13)17/h2-8,18-19H,9-10H2,1H3. The first-order valence-corrected chi connectivity index (χ1v) is 7.50. The van der Waals surface area contributed by atoms with Crippen LogP contribution in [0, 0.1) is 12.7 Å². The van der Waals surface area contributed by atoms with E-state index in [9.17, 15) is 4.39 Å². The van der Waals surface area contributed by atoms with Gasteiger partial charge in [0.25, 0.3) is 0 Å². The highest BCUT2D eigenvalue weighted by Crippen LogP contribution is 2.21. The molecule has 0 amide bonds. The van der Waals surface area contributed by atoms with E-state index in [0.717, 1.165) is 5.75 Å². The Morgan fingerprint density at radius 3 is 2.40 bits per heavy atom. The zero-order valence-corrected chi connectivity index (χ0v) is 12.0. The molecule has 104 valence electrons. The van der Waals surface area contributed by atoms with Crippen LogP contribution < -0.4 is 5.46 Å². The molecular weight excluding hydrogens is 274 g/mol. The van der Waals surface area contributed by atoms with Crippen LogP contribution >= 0.6 is 11.8 Å². The van der Waals surface area contributed by atoms with Gasteiger partial charge in [0.15, 0.2) is 0 Å². The predicted molar refractivity (Wildman–Crippen MR) is 82.4 cm³/mol. The summed E-state index contributed by atoms with van der Waals surface area (Å²) in [6.07, 6.45) is 0. The fourth-order valence-corrected chi connectivity index (χ4v) is 2.98. The van der Waals surface area contributed by atoms with E-state index < -0.39 is 12.9 Å². The number of thioether (sulfide) groups is 1. The minimum absolute atomic E-state index is 0.176. The molecule has 20 heavy (non-hydrogen) atoms. The zero-order chi connectivity index (χ0) is 14.5. The molecule has 5 heteroatoms. The molecule has 0 bridgehead atoms. The van der Waals surface area contributed by atoms with Crippen molar-refractivity contribution in [1.29, 1.82) is 0 Å². The number of aryl methyl sites for hydroxylation is 1. The van der Waals surface area contributed by atoms with Crippen LogP contribution in [0.25, 0.3) is 0 Å². The van der Waals surface area contributed by atoms with Gasteiger partial charge in [-0.2, -0.15) is 11.8 Å². The lowest BCUT2D eigenvalue weighted by molar-refractivity contribution is 0.425. The first kappa shape index (κ1) is 15.1. The minimum atomic E-state index is -1.63. The van der Waals surface area contributed by atoms with Gasteiger partial charge in [0.1, 0.15) is 5.82 Å². The van der Waals surface area contributed by atoms with Gasteiger partial charge in [0.2, 0.25) is 0 Å². The Bertz CT molecular complexity index is 590. The van der Waals surface area contributed by atoms with Gasteiger partial charge in [-0.15, -0.1) is 0 Å². The van der Waals surface area contributed by atoms with Crippen molar-refractivity contribution in [1.82, 2.24) is 0 Å². The molecule has 0 fully saturated rings. The van der Waals surface area contributed by atoms with E-state index in [2.05, 4.69) is 19.1 Å². The number of hydrogen-bond donors (Lipinski definition) is 2. The molecule has 2 rings (SSSR count). The van der Waals surface area contributed by atoms with Gasteiger partial charge in [-0.3, -0.25) is 0 Å². The van der Waals surface area contributed by atoms with Crippen molar-refractivity contribution in [3.05, 3.63) is 65.0 Å². The van der Waals surface area contributed by atoms with Crippen LogP contribution in [0.15, 0.2) is 42.5 Å². The Morgan fingerprint density at radius 1 is 1.05 bits per heavy atom. The van der Waals surface area contributed by atoms with Crippen molar-refractivity contribution in [3.8, 4) is 0 Å². The molecule has 0 saturated heterocycles. The third kappa shape index (κ3) is 3.85. The summed E-state index contributed by atoms with van der Waals surface area (Å²) in [4.78, 5) is 0. The highest BCUT2D eigenvalue weighted by atomic mass is 32.2. The van der Waals surface area contributed by atoms with Crippen molar-refractivity contribution in [2.45, 2.75) is 18.4 Å². The second-order valence-corrected chi connectivity index (χ2v) is 5.63. The van der Waals surface area contributed by atoms with Gasteiger partial charge < -0.3 is 10.0 Å². The molecule has 0 spiro atoms. The van der Waals surface area contributed by atoms with Crippen LogP contribution in [0.5, 0.6) is 0 Å². The second kappa shape index (κ2) is 6.93. The van der Waals surface area contributed by atoms with E-state index >= 15 is 0 Å². The first-order chi connectivity index (χ1) is 9.58. The van der Waals surface area contributed by atoms with Crippen LogP contribution in [-0.2, 0) is 11.5 Å². The van der Waals surface area contributed by atoms with E-state index in [1.165, 1.54) is 23.3 Å². The molecule has 2 aromatic carbocycles. The Balaban J connectivity index is 1.96. The van der Waals surface area contributed by atoms with Crippen molar-refractivity contribution in [2.24, 2.45) is 0 Å². The summed E-state index contributed by atoms with van der Waals surface area (Å²) in [7, 11) is -1.63. The van der Waals surface area contributed by atoms with Crippen LogP contribution in [0.2, 0.25) is 0 Å². The van der Waals surface area contributed by atoms with Crippen molar-refractivity contribution in [3.63, 3.8) is 0 Å². The van der Waals surface area contributed by atoms with Crippen molar-refractivity contribution < 1.29 is 14.4 Å². The third-order valence-electron chi connectivity index (χ3n) is 3.15. The van der Waals surface area contributed by atoms with Crippen LogP contribution in [0.1, 0.15) is 16.7 Å². The maximum absolute atomic E-state index is 13.8. The SMILES string of the molecule is Cc1ccccc1CSCc1ccc(B(O)O)cc1F. The lowest BCUT2D eigenvalue weighted by Gasteiger charge is -2.07. The topological polar surface area (TPSA) is 40.5 Å². The highest BCUT2D eigenvalue weighted by molar-refractivity contribution is 7.97. The van der Waals surface area contributed by atoms with Crippen LogP contribution in [0.3, 0.4) is 0 Å². The molecule has 0 atom stereocenters. The zero-order valence-electron chi connectivity index (χ0n) is 11.2. The number of rotatable bonds is 5. The molecule has 0 aliphatic carbocycles. The molecule has 0 heterocycles. The lowest BCUT2D eigenvalue weighted by atomic mass is 9.80. The van der Waals surface area contributed by atoms with Crippen molar-refractivity contribution >= 4 is 24.3 Å². The number of benzene rings is 2. The Morgan fingerprint density at radius 2 is 1.75 bits per heavy atom. The second-order valence-electron chi connectivity index (χ2n) is 4.64. The number of hydrogen-bond acceptors (Lipinski definition) is 3. The maximum Gasteiger partial charge on any atom is 0.488 e. The van der Waals surface area contributed by atoms with E-state index in [0.29, 0.717) is 11.3 Å². The van der Waals surface area contributed by atoms with Crippen molar-refractivity contribution in [2.75, 3.05) is 0 Å². The summed E-state index contributed by atoms with van der Waals surface area (Å²) in [6, 6.07) is 12.5. The maximum atomic E-state index is 13.8. The molecule has 0 saturated carbocycles. The summed E-state index contributed by atoms with van der Waals surface area (Å²) in [5, 5.41) is 18.0. The molecule has 0 unspecified atom stereocenters. The van der Waals surface area contributed by atoms with Gasteiger partial charge in [-0.1, -0.05) is 36.4 Å². The van der Waals surface area contributed by atoms with E-state index in [1.807, 2.05) is 12.1 Å². The molecule has 2 N–H and O–H groups in total. The molecular formula is C15H16BFO2S. The summed E-state index contributed by atoms with van der Waals surface area (Å²) in [5.41, 5.74) is 3.24. The molecule has 0 aliphatic heterocycles. The normalized spacial score (nSPS) is 10.6. The predicted octanol–water partition coefficient (Wildman–Crippen LogP) is 2.25. The third-order valence-corrected chi connectivity index (χ3v) is 4.18. The Labute approximate surface area is 122 Å². The van der Waals surface area contributed by atoms with Gasteiger partial charge in [-0.25, -0.2) is 4.39 Å². The van der Waals surface area contributed by atoms with Gasteiger partial charge >= 0.3 is 7.12 Å². The molecule has 2 aromatic rings. The molecule has 2 nitrogen and oxygen atoms in total. The van der Waals surface area contributed by atoms with Crippen LogP contribution in [0.4, 0.5) is 4.39 Å². The first-order valence-electron chi connectivity index (χ1n) is 6.34. The largest absolute Gasteiger partial charge is 0.488 e. The van der Waals surface area contributed by atoms with Gasteiger partial charge in [0, 0.05) is 11.5 Å². The molecule has 0 radical (unpaired) electrons. The fourth-order valence-electron chi connectivity index (χ4n) is 1.88. The smallest absolute Gasteiger partial charge is 0.423 e. The summed E-state index contributed by atoms with van der Waals surface area (Å²) < 4.78 is 13.8. The quantitative estimate of drug-likeness (QED) is 0.830. The Hall–Kier alpha value is -1.30. The molecule has 0 aliphatic rings. The average molecular weight is 290 g/mol.